The molecule has 0 aliphatic carbocycles. The Kier molecular flexibility index (Phi) is 5.44. The Bertz CT molecular complexity index is 235. The van der Waals surface area contributed by atoms with Crippen LogP contribution >= 0.6 is 0 Å². The van der Waals surface area contributed by atoms with Gasteiger partial charge in [-0.1, -0.05) is 13.8 Å². The van der Waals surface area contributed by atoms with Gasteiger partial charge in [-0.2, -0.15) is 0 Å². The minimum atomic E-state index is 1.15. The van der Waals surface area contributed by atoms with Gasteiger partial charge in [-0.3, -0.25) is 0 Å². The molecule has 0 aromatic carbocycles. The standard InChI is InChI=1S/C11H18N2.C2H6/c1-10-6-5-7-11(12-10)13-8-3-2-4-9-13;1-2/h7H,2-6,8-9H2,1H3;1-2H3. The van der Waals surface area contributed by atoms with Gasteiger partial charge in [-0.15, -0.1) is 0 Å². The minimum absolute atomic E-state index is 1.15. The highest BCUT2D eigenvalue weighted by molar-refractivity contribution is 5.83. The molecule has 0 atom stereocenters. The Morgan fingerprint density at radius 2 is 1.80 bits per heavy atom. The zero-order chi connectivity index (χ0) is 11.1. The quantitative estimate of drug-likeness (QED) is 0.643. The highest BCUT2D eigenvalue weighted by Crippen LogP contribution is 2.19. The summed E-state index contributed by atoms with van der Waals surface area (Å²) in [5.41, 5.74) is 1.29. The average Bonchev–Trinajstić information content (AvgIpc) is 2.33. The molecule has 0 spiro atoms. The second kappa shape index (κ2) is 6.65. The molecule has 1 fully saturated rings. The van der Waals surface area contributed by atoms with E-state index in [1.165, 1.54) is 50.3 Å². The molecule has 0 radical (unpaired) electrons. The Labute approximate surface area is 94.1 Å². The first kappa shape index (κ1) is 12.3. The lowest BCUT2D eigenvalue weighted by Gasteiger charge is -2.30. The molecule has 0 amide bonds. The summed E-state index contributed by atoms with van der Waals surface area (Å²) < 4.78 is 0. The van der Waals surface area contributed by atoms with Crippen LogP contribution in [0.1, 0.15) is 52.9 Å². The molecule has 86 valence electrons. The molecule has 0 unspecified atom stereocenters. The summed E-state index contributed by atoms with van der Waals surface area (Å²) in [6.45, 7) is 8.56. The van der Waals surface area contributed by atoms with Crippen molar-refractivity contribution in [2.75, 3.05) is 13.1 Å². The van der Waals surface area contributed by atoms with Gasteiger partial charge in [0.1, 0.15) is 5.82 Å². The zero-order valence-electron chi connectivity index (χ0n) is 10.4. The lowest BCUT2D eigenvalue weighted by atomic mass is 10.1. The van der Waals surface area contributed by atoms with Crippen molar-refractivity contribution in [1.82, 2.24) is 4.90 Å². The van der Waals surface area contributed by atoms with Crippen LogP contribution in [-0.2, 0) is 0 Å². The lowest BCUT2D eigenvalue weighted by Crippen LogP contribution is -2.29. The van der Waals surface area contributed by atoms with Gasteiger partial charge in [-0.25, -0.2) is 4.99 Å². The van der Waals surface area contributed by atoms with Crippen LogP contribution in [-0.4, -0.2) is 23.7 Å². The second-order valence-corrected chi connectivity index (χ2v) is 4.00. The van der Waals surface area contributed by atoms with E-state index in [2.05, 4.69) is 22.9 Å². The molecule has 2 aliphatic heterocycles. The van der Waals surface area contributed by atoms with Crippen LogP contribution in [0.4, 0.5) is 0 Å². The van der Waals surface area contributed by atoms with E-state index >= 15 is 0 Å². The van der Waals surface area contributed by atoms with Gasteiger partial charge in [0.05, 0.1) is 0 Å². The topological polar surface area (TPSA) is 15.6 Å². The average molecular weight is 208 g/mol. The van der Waals surface area contributed by atoms with E-state index in [0.29, 0.717) is 0 Å². The normalized spacial score (nSPS) is 21.1. The van der Waals surface area contributed by atoms with E-state index in [9.17, 15) is 0 Å². The predicted octanol–water partition coefficient (Wildman–Crippen LogP) is 3.59. The van der Waals surface area contributed by atoms with Crippen LogP contribution in [0.3, 0.4) is 0 Å². The molecule has 2 heterocycles. The summed E-state index contributed by atoms with van der Waals surface area (Å²) in [6.07, 6.45) is 8.70. The smallest absolute Gasteiger partial charge is 0.124 e. The summed E-state index contributed by atoms with van der Waals surface area (Å²) in [6, 6.07) is 0. The second-order valence-electron chi connectivity index (χ2n) is 4.00. The maximum atomic E-state index is 4.61. The number of likely N-dealkylation sites (tertiary alicyclic amines) is 1. The Hall–Kier alpha value is -0.790. The molecular weight excluding hydrogens is 184 g/mol. The highest BCUT2D eigenvalue weighted by Gasteiger charge is 2.14. The van der Waals surface area contributed by atoms with Crippen molar-refractivity contribution < 1.29 is 0 Å². The van der Waals surface area contributed by atoms with Crippen molar-refractivity contribution in [2.24, 2.45) is 4.99 Å². The van der Waals surface area contributed by atoms with E-state index in [4.69, 9.17) is 0 Å². The summed E-state index contributed by atoms with van der Waals surface area (Å²) >= 11 is 0. The van der Waals surface area contributed by atoms with Crippen molar-refractivity contribution in [1.29, 1.82) is 0 Å². The molecular formula is C13H24N2. The van der Waals surface area contributed by atoms with Gasteiger partial charge in [0.15, 0.2) is 0 Å². The van der Waals surface area contributed by atoms with Crippen molar-refractivity contribution in [2.45, 2.75) is 52.9 Å². The molecule has 2 aliphatic rings. The van der Waals surface area contributed by atoms with Crippen molar-refractivity contribution in [3.8, 4) is 0 Å². The monoisotopic (exact) mass is 208 g/mol. The van der Waals surface area contributed by atoms with Crippen molar-refractivity contribution in [3.05, 3.63) is 11.9 Å². The first-order valence-corrected chi connectivity index (χ1v) is 6.35. The zero-order valence-corrected chi connectivity index (χ0v) is 10.4. The van der Waals surface area contributed by atoms with Crippen LogP contribution in [0.2, 0.25) is 0 Å². The molecule has 1 saturated heterocycles. The van der Waals surface area contributed by atoms with Gasteiger partial charge < -0.3 is 4.90 Å². The first-order valence-electron chi connectivity index (χ1n) is 6.35. The molecule has 2 rings (SSSR count). The minimum Gasteiger partial charge on any atom is -0.357 e. The van der Waals surface area contributed by atoms with Gasteiger partial charge in [0.25, 0.3) is 0 Å². The van der Waals surface area contributed by atoms with Crippen LogP contribution in [0.5, 0.6) is 0 Å². The lowest BCUT2D eigenvalue weighted by molar-refractivity contribution is 0.281. The number of nitrogens with zero attached hydrogens (tertiary/aromatic N) is 2. The third-order valence-corrected chi connectivity index (χ3v) is 2.82. The number of allylic oxidation sites excluding steroid dienone is 1. The van der Waals surface area contributed by atoms with E-state index in [1.807, 2.05) is 13.8 Å². The summed E-state index contributed by atoms with van der Waals surface area (Å²) in [7, 11) is 0. The summed E-state index contributed by atoms with van der Waals surface area (Å²) in [4.78, 5) is 7.05. The number of piperidine rings is 1. The molecule has 15 heavy (non-hydrogen) atoms. The Balaban J connectivity index is 0.000000531. The number of hydrogen-bond donors (Lipinski definition) is 0. The van der Waals surface area contributed by atoms with E-state index in [1.54, 1.807) is 0 Å². The third-order valence-electron chi connectivity index (χ3n) is 2.82. The maximum Gasteiger partial charge on any atom is 0.124 e. The molecule has 2 nitrogen and oxygen atoms in total. The number of rotatable bonds is 1. The van der Waals surface area contributed by atoms with Crippen LogP contribution in [0.15, 0.2) is 16.9 Å². The fourth-order valence-electron chi connectivity index (χ4n) is 2.03. The maximum absolute atomic E-state index is 4.61. The van der Waals surface area contributed by atoms with Crippen LogP contribution in [0, 0.1) is 0 Å². The Morgan fingerprint density at radius 1 is 1.13 bits per heavy atom. The highest BCUT2D eigenvalue weighted by atomic mass is 15.2. The summed E-state index contributed by atoms with van der Waals surface area (Å²) in [5.74, 6) is 1.24. The number of hydrogen-bond acceptors (Lipinski definition) is 2. The third kappa shape index (κ3) is 3.69. The fraction of sp³-hybridized carbons (Fsp3) is 0.769. The van der Waals surface area contributed by atoms with Crippen molar-refractivity contribution >= 4 is 5.71 Å². The van der Waals surface area contributed by atoms with Crippen LogP contribution < -0.4 is 0 Å². The SMILES string of the molecule is CC.CC1=NC(N2CCCCC2)=CCC1. The van der Waals surface area contributed by atoms with Gasteiger partial charge in [0, 0.05) is 18.8 Å². The largest absolute Gasteiger partial charge is 0.357 e. The Morgan fingerprint density at radius 3 is 2.40 bits per heavy atom. The van der Waals surface area contributed by atoms with Gasteiger partial charge in [-0.05, 0) is 45.1 Å². The van der Waals surface area contributed by atoms with E-state index in [-0.39, 0.29) is 0 Å². The molecule has 0 aromatic rings. The molecule has 2 heteroatoms. The molecule has 0 N–H and O–H groups in total. The van der Waals surface area contributed by atoms with E-state index < -0.39 is 0 Å². The van der Waals surface area contributed by atoms with Gasteiger partial charge >= 0.3 is 0 Å². The van der Waals surface area contributed by atoms with Crippen molar-refractivity contribution in [3.63, 3.8) is 0 Å². The number of aliphatic imine (C=N–C) groups is 1. The molecule has 0 bridgehead atoms. The first-order chi connectivity index (χ1) is 7.36. The fourth-order valence-corrected chi connectivity index (χ4v) is 2.03. The summed E-state index contributed by atoms with van der Waals surface area (Å²) in [5, 5.41) is 0. The molecule has 0 saturated carbocycles. The van der Waals surface area contributed by atoms with E-state index in [0.717, 1.165) is 6.42 Å². The van der Waals surface area contributed by atoms with Gasteiger partial charge in [0.2, 0.25) is 0 Å². The van der Waals surface area contributed by atoms with Crippen LogP contribution in [0.25, 0.3) is 0 Å². The molecule has 0 aromatic heterocycles. The predicted molar refractivity (Wildman–Crippen MR) is 67.2 cm³/mol.